The number of piperidine rings is 1. The summed E-state index contributed by atoms with van der Waals surface area (Å²) < 4.78 is 43.6. The maximum atomic E-state index is 13.6. The molecule has 9 nitrogen and oxygen atoms in total. The van der Waals surface area contributed by atoms with Crippen molar-refractivity contribution in [3.63, 3.8) is 0 Å². The number of esters is 1. The van der Waals surface area contributed by atoms with E-state index in [0.717, 1.165) is 4.31 Å². The van der Waals surface area contributed by atoms with Crippen LogP contribution in [0.5, 0.6) is 11.5 Å². The number of nitrogens with zero attached hydrogens (tertiary/aromatic N) is 2. The fourth-order valence-corrected chi connectivity index (χ4v) is 5.21. The average Bonchev–Trinajstić information content (AvgIpc) is 2.86. The molecule has 0 aliphatic carbocycles. The molecule has 1 saturated heterocycles. The van der Waals surface area contributed by atoms with Gasteiger partial charge in [-0.25, -0.2) is 8.42 Å². The molecule has 33 heavy (non-hydrogen) atoms. The second-order valence-corrected chi connectivity index (χ2v) is 9.40. The molecule has 2 aromatic carbocycles. The zero-order valence-corrected chi connectivity index (χ0v) is 19.7. The predicted octanol–water partition coefficient (Wildman–Crippen LogP) is 2.31. The predicted molar refractivity (Wildman–Crippen MR) is 122 cm³/mol. The quantitative estimate of drug-likeness (QED) is 0.539. The first-order valence-corrected chi connectivity index (χ1v) is 11.9. The topological polar surface area (TPSA) is 102 Å². The van der Waals surface area contributed by atoms with Crippen molar-refractivity contribution in [3.8, 4) is 11.5 Å². The Morgan fingerprint density at radius 2 is 1.67 bits per heavy atom. The summed E-state index contributed by atoms with van der Waals surface area (Å²) in [6, 6.07) is 12.6. The normalized spacial score (nSPS) is 14.5. The molecule has 1 aliphatic heterocycles. The fraction of sp³-hybridized carbons (Fsp3) is 0.391. The van der Waals surface area contributed by atoms with E-state index in [-0.39, 0.29) is 34.1 Å². The number of benzene rings is 2. The molecular formula is C23H28N2O7S. The summed E-state index contributed by atoms with van der Waals surface area (Å²) in [6.45, 7) is 0.276. The Morgan fingerprint density at radius 1 is 1.00 bits per heavy atom. The van der Waals surface area contributed by atoms with Crippen LogP contribution >= 0.6 is 0 Å². The minimum Gasteiger partial charge on any atom is -0.497 e. The molecule has 0 saturated carbocycles. The largest absolute Gasteiger partial charge is 0.497 e. The molecule has 0 spiro atoms. The van der Waals surface area contributed by atoms with E-state index in [0.29, 0.717) is 31.7 Å². The number of hydrogen-bond acceptors (Lipinski definition) is 7. The third kappa shape index (κ3) is 5.39. The Morgan fingerprint density at radius 3 is 2.24 bits per heavy atom. The van der Waals surface area contributed by atoms with Crippen molar-refractivity contribution in [3.05, 3.63) is 48.5 Å². The molecule has 0 aromatic heterocycles. The van der Waals surface area contributed by atoms with Crippen LogP contribution in [0.1, 0.15) is 12.8 Å². The van der Waals surface area contributed by atoms with E-state index in [1.54, 1.807) is 41.3 Å². The molecule has 0 bridgehead atoms. The smallest absolute Gasteiger partial charge is 0.308 e. The highest BCUT2D eigenvalue weighted by atomic mass is 32.2. The van der Waals surface area contributed by atoms with Gasteiger partial charge in [-0.05, 0) is 37.1 Å². The minimum absolute atomic E-state index is 0.0556. The van der Waals surface area contributed by atoms with Gasteiger partial charge in [0, 0.05) is 19.2 Å². The molecule has 1 heterocycles. The van der Waals surface area contributed by atoms with E-state index in [1.807, 2.05) is 0 Å². The number of sulfonamides is 1. The van der Waals surface area contributed by atoms with Crippen LogP contribution in [-0.2, 0) is 24.3 Å². The third-order valence-electron chi connectivity index (χ3n) is 5.65. The molecule has 178 valence electrons. The van der Waals surface area contributed by atoms with Gasteiger partial charge < -0.3 is 19.1 Å². The van der Waals surface area contributed by atoms with E-state index < -0.39 is 16.6 Å². The zero-order valence-electron chi connectivity index (χ0n) is 18.9. The maximum Gasteiger partial charge on any atom is 0.308 e. The molecule has 0 radical (unpaired) electrons. The van der Waals surface area contributed by atoms with Gasteiger partial charge in [0.25, 0.3) is 10.0 Å². The van der Waals surface area contributed by atoms with E-state index >= 15 is 0 Å². The summed E-state index contributed by atoms with van der Waals surface area (Å²) in [5.41, 5.74) is 0.222. The molecule has 0 unspecified atom stereocenters. The summed E-state index contributed by atoms with van der Waals surface area (Å²) in [7, 11) is 0.180. The standard InChI is InChI=1S/C23H28N2O7S/c1-30-18-9-10-20(21(15-18)31-2)25(33(28,29)19-7-5-4-6-8-19)16-22(26)24-13-11-17(12-14-24)23(27)32-3/h4-10,15,17H,11-14,16H2,1-3H3. The Labute approximate surface area is 193 Å². The highest BCUT2D eigenvalue weighted by molar-refractivity contribution is 7.92. The van der Waals surface area contributed by atoms with Crippen LogP contribution in [0.3, 0.4) is 0 Å². The molecule has 3 rings (SSSR count). The maximum absolute atomic E-state index is 13.6. The van der Waals surface area contributed by atoms with Crippen LogP contribution in [0.25, 0.3) is 0 Å². The number of rotatable bonds is 8. The van der Waals surface area contributed by atoms with Gasteiger partial charge in [-0.2, -0.15) is 0 Å². The van der Waals surface area contributed by atoms with E-state index in [9.17, 15) is 18.0 Å². The van der Waals surface area contributed by atoms with Crippen molar-refractivity contribution < 1.29 is 32.2 Å². The summed E-state index contributed by atoms with van der Waals surface area (Å²) >= 11 is 0. The number of ether oxygens (including phenoxy) is 3. The lowest BCUT2D eigenvalue weighted by Gasteiger charge is -2.33. The van der Waals surface area contributed by atoms with Crippen LogP contribution in [0, 0.1) is 5.92 Å². The third-order valence-corrected chi connectivity index (χ3v) is 7.42. The van der Waals surface area contributed by atoms with E-state index in [1.165, 1.54) is 33.5 Å². The summed E-state index contributed by atoms with van der Waals surface area (Å²) in [5, 5.41) is 0. The van der Waals surface area contributed by atoms with Gasteiger partial charge in [0.2, 0.25) is 5.91 Å². The summed E-state index contributed by atoms with van der Waals surface area (Å²) in [5.74, 6) is -0.172. The number of methoxy groups -OCH3 is 3. The van der Waals surface area contributed by atoms with Gasteiger partial charge in [0.15, 0.2) is 0 Å². The molecule has 0 N–H and O–H groups in total. The number of amides is 1. The molecule has 10 heteroatoms. The van der Waals surface area contributed by atoms with Gasteiger partial charge in [-0.3, -0.25) is 13.9 Å². The Balaban J connectivity index is 1.92. The van der Waals surface area contributed by atoms with Gasteiger partial charge in [-0.15, -0.1) is 0 Å². The first-order chi connectivity index (χ1) is 15.8. The first-order valence-electron chi connectivity index (χ1n) is 10.5. The van der Waals surface area contributed by atoms with Crippen LogP contribution in [0.4, 0.5) is 5.69 Å². The van der Waals surface area contributed by atoms with Crippen LogP contribution in [-0.4, -0.2) is 66.2 Å². The second-order valence-electron chi connectivity index (χ2n) is 7.54. The summed E-state index contributed by atoms with van der Waals surface area (Å²) in [4.78, 5) is 26.6. The van der Waals surface area contributed by atoms with Crippen molar-refractivity contribution in [2.75, 3.05) is 45.3 Å². The van der Waals surface area contributed by atoms with Crippen molar-refractivity contribution >= 4 is 27.6 Å². The molecule has 1 fully saturated rings. The Hall–Kier alpha value is -3.27. The highest BCUT2D eigenvalue weighted by Gasteiger charge is 2.33. The summed E-state index contributed by atoms with van der Waals surface area (Å²) in [6.07, 6.45) is 0.936. The van der Waals surface area contributed by atoms with Crippen molar-refractivity contribution in [1.82, 2.24) is 4.90 Å². The van der Waals surface area contributed by atoms with Crippen molar-refractivity contribution in [2.45, 2.75) is 17.7 Å². The first kappa shape index (κ1) is 24.4. The molecular weight excluding hydrogens is 448 g/mol. The molecule has 2 aromatic rings. The number of carbonyl (C=O) groups excluding carboxylic acids is 2. The molecule has 1 aliphatic rings. The second kappa shape index (κ2) is 10.6. The van der Waals surface area contributed by atoms with E-state index in [4.69, 9.17) is 14.2 Å². The number of likely N-dealkylation sites (tertiary alicyclic amines) is 1. The van der Waals surface area contributed by atoms with Gasteiger partial charge >= 0.3 is 5.97 Å². The number of carbonyl (C=O) groups is 2. The van der Waals surface area contributed by atoms with Crippen molar-refractivity contribution in [1.29, 1.82) is 0 Å². The fourth-order valence-electron chi connectivity index (χ4n) is 3.76. The van der Waals surface area contributed by atoms with Gasteiger partial charge in [0.1, 0.15) is 18.0 Å². The van der Waals surface area contributed by atoms with Crippen LogP contribution < -0.4 is 13.8 Å². The van der Waals surface area contributed by atoms with Crippen LogP contribution in [0.15, 0.2) is 53.4 Å². The Bertz CT molecular complexity index is 1080. The van der Waals surface area contributed by atoms with Crippen LogP contribution in [0.2, 0.25) is 0 Å². The number of hydrogen-bond donors (Lipinski definition) is 0. The van der Waals surface area contributed by atoms with Gasteiger partial charge in [-0.1, -0.05) is 18.2 Å². The number of anilines is 1. The average molecular weight is 477 g/mol. The lowest BCUT2D eigenvalue weighted by Crippen LogP contribution is -2.46. The van der Waals surface area contributed by atoms with E-state index in [2.05, 4.69) is 0 Å². The Kier molecular flexibility index (Phi) is 7.80. The molecule has 0 atom stereocenters. The lowest BCUT2D eigenvalue weighted by molar-refractivity contribution is -0.148. The monoisotopic (exact) mass is 476 g/mol. The highest BCUT2D eigenvalue weighted by Crippen LogP contribution is 2.35. The van der Waals surface area contributed by atoms with Crippen molar-refractivity contribution in [2.24, 2.45) is 5.92 Å². The lowest BCUT2D eigenvalue weighted by atomic mass is 9.97. The zero-order chi connectivity index (χ0) is 24.0. The minimum atomic E-state index is -4.08. The SMILES string of the molecule is COC(=O)C1CCN(C(=O)CN(c2ccc(OC)cc2OC)S(=O)(=O)c2ccccc2)CC1. The van der Waals surface area contributed by atoms with Gasteiger partial charge in [0.05, 0.1) is 37.8 Å². The molecule has 1 amide bonds.